The number of nitrogen functional groups attached to an aromatic ring is 1. The monoisotopic (exact) mass is 242 g/mol. The minimum Gasteiger partial charge on any atom is -0.390 e. The molecule has 0 aliphatic heterocycles. The van der Waals surface area contributed by atoms with Crippen LogP contribution in [0.5, 0.6) is 0 Å². The fourth-order valence-electron chi connectivity index (χ4n) is 1.17. The molecule has 1 aromatic heterocycles. The van der Waals surface area contributed by atoms with E-state index in [-0.39, 0.29) is 0 Å². The Morgan fingerprint density at radius 2 is 1.94 bits per heavy atom. The molecule has 1 aromatic rings. The van der Waals surface area contributed by atoms with Gasteiger partial charge in [0, 0.05) is 0 Å². The van der Waals surface area contributed by atoms with Crippen LogP contribution in [0.1, 0.15) is 23.2 Å². The number of aromatic nitrogens is 1. The van der Waals surface area contributed by atoms with Crippen molar-refractivity contribution >= 4 is 5.82 Å². The van der Waals surface area contributed by atoms with Gasteiger partial charge in [0.1, 0.15) is 5.82 Å². The van der Waals surface area contributed by atoms with Gasteiger partial charge in [-0.1, -0.05) is 0 Å². The van der Waals surface area contributed by atoms with E-state index in [0.717, 1.165) is 0 Å². The molecule has 3 N–H and O–H groups in total. The van der Waals surface area contributed by atoms with Crippen LogP contribution in [0.3, 0.4) is 0 Å². The lowest BCUT2D eigenvalue weighted by molar-refractivity contribution is -0.139. The van der Waals surface area contributed by atoms with Crippen molar-refractivity contribution in [2.75, 3.05) is 5.73 Å². The minimum absolute atomic E-state index is 0.359. The fraction of sp³-hybridized carbons (Fsp3) is 0.375. The highest BCUT2D eigenvalue weighted by molar-refractivity contribution is 5.48. The molecule has 0 amide bonds. The zero-order valence-corrected chi connectivity index (χ0v) is 7.72. The summed E-state index contributed by atoms with van der Waals surface area (Å²) in [5.41, 5.74) is 1.66. The Balaban J connectivity index is 3.47. The first kappa shape index (κ1) is 12.6. The van der Waals surface area contributed by atoms with E-state index in [1.165, 1.54) is 0 Å². The zero-order chi connectivity index (χ0) is 12.5. The molecule has 1 rings (SSSR count). The van der Waals surface area contributed by atoms with Gasteiger partial charge in [-0.3, -0.25) is 0 Å². The molecule has 0 aliphatic rings. The van der Waals surface area contributed by atoms with Gasteiger partial charge in [0.25, 0.3) is 6.43 Å². The number of rotatable bonds is 2. The highest BCUT2D eigenvalue weighted by Crippen LogP contribution is 2.38. The van der Waals surface area contributed by atoms with Gasteiger partial charge in [0.05, 0.1) is 23.4 Å². The first-order chi connectivity index (χ1) is 7.27. The Bertz CT molecular complexity index is 391. The highest BCUT2D eigenvalue weighted by atomic mass is 19.4. The summed E-state index contributed by atoms with van der Waals surface area (Å²) in [7, 11) is 0. The van der Waals surface area contributed by atoms with Crippen molar-refractivity contribution in [3.05, 3.63) is 22.9 Å². The van der Waals surface area contributed by atoms with E-state index >= 15 is 0 Å². The van der Waals surface area contributed by atoms with Crippen LogP contribution in [-0.2, 0) is 12.8 Å². The Kier molecular flexibility index (Phi) is 3.32. The molecule has 0 fully saturated rings. The van der Waals surface area contributed by atoms with Crippen molar-refractivity contribution < 1.29 is 27.1 Å². The summed E-state index contributed by atoms with van der Waals surface area (Å²) in [5, 5.41) is 8.61. The largest absolute Gasteiger partial charge is 0.417 e. The van der Waals surface area contributed by atoms with E-state index in [2.05, 4.69) is 4.98 Å². The van der Waals surface area contributed by atoms with Crippen LogP contribution in [-0.4, -0.2) is 10.1 Å². The van der Waals surface area contributed by atoms with Crippen molar-refractivity contribution in [1.82, 2.24) is 4.98 Å². The first-order valence-corrected chi connectivity index (χ1v) is 4.03. The molecule has 0 radical (unpaired) electrons. The van der Waals surface area contributed by atoms with Crippen LogP contribution in [0, 0.1) is 0 Å². The number of nitrogens with two attached hydrogens (primary N) is 1. The Labute approximate surface area is 86.7 Å². The molecule has 0 bridgehead atoms. The van der Waals surface area contributed by atoms with E-state index < -0.39 is 41.8 Å². The second-order valence-corrected chi connectivity index (χ2v) is 2.92. The lowest BCUT2D eigenvalue weighted by Crippen LogP contribution is -2.14. The summed E-state index contributed by atoms with van der Waals surface area (Å²) in [4.78, 5) is 3.23. The predicted molar refractivity (Wildman–Crippen MR) is 44.5 cm³/mol. The van der Waals surface area contributed by atoms with E-state index in [1.54, 1.807) is 0 Å². The maximum atomic E-state index is 12.4. The molecule has 16 heavy (non-hydrogen) atoms. The van der Waals surface area contributed by atoms with Gasteiger partial charge in [-0.2, -0.15) is 13.2 Å². The van der Waals surface area contributed by atoms with Crippen LogP contribution >= 0.6 is 0 Å². The summed E-state index contributed by atoms with van der Waals surface area (Å²) >= 11 is 0. The minimum atomic E-state index is -4.97. The Morgan fingerprint density at radius 3 is 2.31 bits per heavy atom. The smallest absolute Gasteiger partial charge is 0.390 e. The maximum Gasteiger partial charge on any atom is 0.417 e. The maximum absolute atomic E-state index is 12.4. The highest BCUT2D eigenvalue weighted by Gasteiger charge is 2.37. The number of anilines is 1. The molecule has 0 saturated carbocycles. The molecule has 0 atom stereocenters. The number of aliphatic hydroxyl groups is 1. The van der Waals surface area contributed by atoms with E-state index in [1.807, 2.05) is 0 Å². The molecular weight excluding hydrogens is 235 g/mol. The van der Waals surface area contributed by atoms with Gasteiger partial charge in [0.15, 0.2) is 0 Å². The van der Waals surface area contributed by atoms with Crippen LogP contribution < -0.4 is 5.73 Å². The van der Waals surface area contributed by atoms with E-state index in [9.17, 15) is 22.0 Å². The van der Waals surface area contributed by atoms with E-state index in [4.69, 9.17) is 10.8 Å². The third-order valence-electron chi connectivity index (χ3n) is 1.83. The molecule has 0 saturated heterocycles. The summed E-state index contributed by atoms with van der Waals surface area (Å²) < 4.78 is 62.0. The van der Waals surface area contributed by atoms with Gasteiger partial charge in [-0.25, -0.2) is 13.8 Å². The molecule has 1 heterocycles. The molecule has 0 spiro atoms. The number of halogens is 5. The van der Waals surface area contributed by atoms with Gasteiger partial charge in [0.2, 0.25) is 0 Å². The molecule has 0 aliphatic carbocycles. The van der Waals surface area contributed by atoms with Crippen LogP contribution in [0.25, 0.3) is 0 Å². The molecule has 0 aromatic carbocycles. The zero-order valence-electron chi connectivity index (χ0n) is 7.72. The number of pyridine rings is 1. The molecule has 90 valence electrons. The SMILES string of the molecule is Nc1nc(CO)cc(C(F)(F)F)c1C(F)F. The normalized spacial score (nSPS) is 12.2. The first-order valence-electron chi connectivity index (χ1n) is 4.03. The van der Waals surface area contributed by atoms with Crippen LogP contribution in [0.4, 0.5) is 27.8 Å². The Morgan fingerprint density at radius 1 is 1.38 bits per heavy atom. The fourth-order valence-corrected chi connectivity index (χ4v) is 1.17. The van der Waals surface area contributed by atoms with Crippen LogP contribution in [0.15, 0.2) is 6.07 Å². The summed E-state index contributed by atoms with van der Waals surface area (Å²) in [6.45, 7) is -0.809. The second-order valence-electron chi connectivity index (χ2n) is 2.92. The van der Waals surface area contributed by atoms with Crippen molar-refractivity contribution in [2.24, 2.45) is 0 Å². The molecule has 8 heteroatoms. The van der Waals surface area contributed by atoms with Crippen molar-refractivity contribution in [3.63, 3.8) is 0 Å². The molecule has 3 nitrogen and oxygen atoms in total. The topological polar surface area (TPSA) is 59.1 Å². The number of nitrogens with zero attached hydrogens (tertiary/aromatic N) is 1. The number of alkyl halides is 5. The number of hydrogen-bond donors (Lipinski definition) is 2. The Hall–Kier alpha value is -1.44. The van der Waals surface area contributed by atoms with Gasteiger partial charge in [-0.05, 0) is 6.07 Å². The lowest BCUT2D eigenvalue weighted by Gasteiger charge is -2.14. The van der Waals surface area contributed by atoms with Crippen molar-refractivity contribution in [3.8, 4) is 0 Å². The van der Waals surface area contributed by atoms with Crippen molar-refractivity contribution in [2.45, 2.75) is 19.2 Å². The number of aliphatic hydroxyl groups excluding tert-OH is 1. The average molecular weight is 242 g/mol. The quantitative estimate of drug-likeness (QED) is 0.781. The summed E-state index contributed by atoms with van der Waals surface area (Å²) in [6, 6.07) is 0.359. The predicted octanol–water partition coefficient (Wildman–Crippen LogP) is 2.11. The van der Waals surface area contributed by atoms with Crippen LogP contribution in [0.2, 0.25) is 0 Å². The van der Waals surface area contributed by atoms with Gasteiger partial charge < -0.3 is 10.8 Å². The third kappa shape index (κ3) is 2.38. The third-order valence-corrected chi connectivity index (χ3v) is 1.83. The van der Waals surface area contributed by atoms with Crippen molar-refractivity contribution in [1.29, 1.82) is 0 Å². The molecular formula is C8H7F5N2O. The number of hydrogen-bond acceptors (Lipinski definition) is 3. The second kappa shape index (κ2) is 4.20. The van der Waals surface area contributed by atoms with Gasteiger partial charge >= 0.3 is 6.18 Å². The molecule has 0 unspecified atom stereocenters. The average Bonchev–Trinajstić information content (AvgIpc) is 2.14. The summed E-state index contributed by atoms with van der Waals surface area (Å²) in [6.07, 6.45) is -8.34. The standard InChI is InChI=1S/C8H7F5N2O/c9-6(10)5-4(8(11,12)13)1-3(2-16)15-7(5)14/h1,6,16H,2H2,(H2,14,15). The van der Waals surface area contributed by atoms with Gasteiger partial charge in [-0.15, -0.1) is 0 Å². The summed E-state index contributed by atoms with van der Waals surface area (Å²) in [5.74, 6) is -0.922. The lowest BCUT2D eigenvalue weighted by atomic mass is 10.1. The van der Waals surface area contributed by atoms with E-state index in [0.29, 0.717) is 6.07 Å².